The smallest absolute Gasteiger partial charge is 0.120 e. The number of rotatable bonds is 8. The van der Waals surface area contributed by atoms with E-state index in [0.717, 1.165) is 41.9 Å². The van der Waals surface area contributed by atoms with Crippen LogP contribution in [0.25, 0.3) is 21.8 Å². The Morgan fingerprint density at radius 3 is 2.00 bits per heavy atom. The minimum Gasteiger partial charge on any atom is -0.489 e. The number of hydrogen-bond acceptors (Lipinski definition) is 3. The fraction of sp³-hybridized carbons (Fsp3) is 0.176. The number of aromatic amines is 2. The molecular formula is C34H32ClN3O2. The molecule has 3 N–H and O–H groups in total. The molecule has 1 aliphatic rings. The lowest BCUT2D eigenvalue weighted by Gasteiger charge is -2.24. The summed E-state index contributed by atoms with van der Waals surface area (Å²) in [6.07, 6.45) is 4.03. The normalized spacial score (nSPS) is 14.6. The molecule has 1 aliphatic heterocycles. The van der Waals surface area contributed by atoms with Gasteiger partial charge < -0.3 is 24.8 Å². The molecule has 4 aromatic carbocycles. The highest BCUT2D eigenvalue weighted by Crippen LogP contribution is 2.35. The number of H-pyrrole nitrogens is 2. The molecule has 7 rings (SSSR count). The summed E-state index contributed by atoms with van der Waals surface area (Å²) in [6.45, 7) is 2.08. The zero-order valence-electron chi connectivity index (χ0n) is 22.2. The summed E-state index contributed by atoms with van der Waals surface area (Å²) in [5, 5.41) is 6.23. The first kappa shape index (κ1) is 26.1. The van der Waals surface area contributed by atoms with E-state index in [2.05, 4.69) is 76.1 Å². The van der Waals surface area contributed by atoms with Crippen molar-refractivity contribution in [1.29, 1.82) is 0 Å². The Hall–Kier alpha value is -4.19. The van der Waals surface area contributed by atoms with Gasteiger partial charge in [0.05, 0.1) is 6.04 Å². The van der Waals surface area contributed by atoms with Gasteiger partial charge in [-0.1, -0.05) is 60.7 Å². The van der Waals surface area contributed by atoms with Crippen LogP contribution in [0.5, 0.6) is 11.5 Å². The first-order valence-corrected chi connectivity index (χ1v) is 13.6. The predicted octanol–water partition coefficient (Wildman–Crippen LogP) is 7.66. The van der Waals surface area contributed by atoms with E-state index in [-0.39, 0.29) is 18.4 Å². The maximum absolute atomic E-state index is 6.13. The molecular weight excluding hydrogens is 518 g/mol. The molecule has 0 aliphatic carbocycles. The maximum Gasteiger partial charge on any atom is 0.120 e. The van der Waals surface area contributed by atoms with Gasteiger partial charge in [-0.15, -0.1) is 12.4 Å². The van der Waals surface area contributed by atoms with Crippen molar-refractivity contribution in [2.45, 2.75) is 32.1 Å². The minimum atomic E-state index is 0. The average molecular weight is 550 g/mol. The third-order valence-electron chi connectivity index (χ3n) is 7.68. The molecule has 3 heterocycles. The molecule has 5 nitrogen and oxygen atoms in total. The van der Waals surface area contributed by atoms with Crippen LogP contribution < -0.4 is 14.8 Å². The fourth-order valence-corrected chi connectivity index (χ4v) is 5.67. The zero-order chi connectivity index (χ0) is 26.0. The average Bonchev–Trinajstić information content (AvgIpc) is 3.57. The molecule has 0 spiro atoms. The lowest BCUT2D eigenvalue weighted by atomic mass is 9.94. The highest BCUT2D eigenvalue weighted by Gasteiger charge is 2.25. The van der Waals surface area contributed by atoms with E-state index < -0.39 is 0 Å². The second-order valence-corrected chi connectivity index (χ2v) is 10.3. The lowest BCUT2D eigenvalue weighted by molar-refractivity contribution is 0.306. The van der Waals surface area contributed by atoms with Crippen molar-refractivity contribution in [3.8, 4) is 11.5 Å². The zero-order valence-corrected chi connectivity index (χ0v) is 23.0. The first-order valence-electron chi connectivity index (χ1n) is 13.6. The number of aromatic nitrogens is 2. The molecule has 1 atom stereocenters. The standard InChI is InChI=1S/C34H31N3O2.ClH/c1-3-7-23(8-4-1)21-38-26-11-13-31-29(18-26)25(20-36-31)17-33-34-28(15-16-35-33)30-19-27(12-14-32(30)37-34)39-22-24-9-5-2-6-10-24;/h1-14,18-20,33,35-37H,15-17,21-22H2;1H. The molecule has 202 valence electrons. The molecule has 0 saturated carbocycles. The quantitative estimate of drug-likeness (QED) is 0.183. The molecule has 0 fully saturated rings. The van der Waals surface area contributed by atoms with Gasteiger partial charge in [0.15, 0.2) is 0 Å². The van der Waals surface area contributed by atoms with Crippen LogP contribution in [-0.2, 0) is 26.1 Å². The number of hydrogen-bond donors (Lipinski definition) is 3. The van der Waals surface area contributed by atoms with Crippen molar-refractivity contribution in [2.24, 2.45) is 0 Å². The van der Waals surface area contributed by atoms with Gasteiger partial charge >= 0.3 is 0 Å². The second kappa shape index (κ2) is 11.5. The van der Waals surface area contributed by atoms with Crippen LogP contribution in [0.1, 0.15) is 34.0 Å². The van der Waals surface area contributed by atoms with Crippen molar-refractivity contribution in [2.75, 3.05) is 6.54 Å². The van der Waals surface area contributed by atoms with E-state index in [4.69, 9.17) is 9.47 Å². The predicted molar refractivity (Wildman–Crippen MR) is 164 cm³/mol. The van der Waals surface area contributed by atoms with E-state index in [0.29, 0.717) is 13.2 Å². The summed E-state index contributed by atoms with van der Waals surface area (Å²) in [4.78, 5) is 7.18. The third-order valence-corrected chi connectivity index (χ3v) is 7.68. The van der Waals surface area contributed by atoms with Gasteiger partial charge in [0.25, 0.3) is 0 Å². The van der Waals surface area contributed by atoms with E-state index in [9.17, 15) is 0 Å². The van der Waals surface area contributed by atoms with Crippen molar-refractivity contribution in [3.05, 3.63) is 131 Å². The van der Waals surface area contributed by atoms with E-state index >= 15 is 0 Å². The highest BCUT2D eigenvalue weighted by atomic mass is 35.5. The van der Waals surface area contributed by atoms with Gasteiger partial charge in [0.2, 0.25) is 0 Å². The Bertz CT molecular complexity index is 1730. The molecule has 2 aromatic heterocycles. The molecule has 0 radical (unpaired) electrons. The van der Waals surface area contributed by atoms with Gasteiger partial charge in [-0.05, 0) is 78.0 Å². The Labute approximate surface area is 239 Å². The molecule has 0 bridgehead atoms. The number of fused-ring (bicyclic) bond motifs is 4. The molecule has 0 saturated heterocycles. The number of ether oxygens (including phenoxy) is 2. The Balaban J connectivity index is 0.00000289. The topological polar surface area (TPSA) is 62.1 Å². The number of benzene rings is 4. The second-order valence-electron chi connectivity index (χ2n) is 10.3. The van der Waals surface area contributed by atoms with Gasteiger partial charge in [-0.25, -0.2) is 0 Å². The van der Waals surface area contributed by atoms with Gasteiger partial charge in [0, 0.05) is 33.7 Å². The van der Waals surface area contributed by atoms with Crippen LogP contribution in [0.2, 0.25) is 0 Å². The van der Waals surface area contributed by atoms with Crippen molar-refractivity contribution in [1.82, 2.24) is 15.3 Å². The molecule has 1 unspecified atom stereocenters. The van der Waals surface area contributed by atoms with Crippen molar-refractivity contribution in [3.63, 3.8) is 0 Å². The van der Waals surface area contributed by atoms with E-state index in [1.165, 1.54) is 38.7 Å². The van der Waals surface area contributed by atoms with Crippen LogP contribution in [0.3, 0.4) is 0 Å². The Morgan fingerprint density at radius 1 is 0.700 bits per heavy atom. The SMILES string of the molecule is Cl.c1ccc(COc2ccc3[nH]cc(CC4NCCc5c4[nH]c4ccc(OCc6ccccc6)cc54)c3c2)cc1. The van der Waals surface area contributed by atoms with Crippen molar-refractivity contribution >= 4 is 34.2 Å². The van der Waals surface area contributed by atoms with Crippen molar-refractivity contribution < 1.29 is 9.47 Å². The molecule has 40 heavy (non-hydrogen) atoms. The maximum atomic E-state index is 6.13. The van der Waals surface area contributed by atoms with Gasteiger partial charge in [0.1, 0.15) is 24.7 Å². The van der Waals surface area contributed by atoms with Crippen LogP contribution >= 0.6 is 12.4 Å². The Morgan fingerprint density at radius 2 is 1.32 bits per heavy atom. The Kier molecular flexibility index (Phi) is 7.49. The monoisotopic (exact) mass is 549 g/mol. The van der Waals surface area contributed by atoms with E-state index in [1.54, 1.807) is 0 Å². The van der Waals surface area contributed by atoms with E-state index in [1.807, 2.05) is 42.5 Å². The summed E-state index contributed by atoms with van der Waals surface area (Å²) in [6, 6.07) is 33.5. The van der Waals surface area contributed by atoms with Crippen LogP contribution in [-0.4, -0.2) is 16.5 Å². The summed E-state index contributed by atoms with van der Waals surface area (Å²) < 4.78 is 12.3. The van der Waals surface area contributed by atoms with Crippen LogP contribution in [0.15, 0.2) is 103 Å². The number of nitrogens with one attached hydrogen (secondary N) is 3. The summed E-state index contributed by atoms with van der Waals surface area (Å²) in [5.41, 5.74) is 8.59. The van der Waals surface area contributed by atoms with Crippen LogP contribution in [0.4, 0.5) is 0 Å². The summed E-state index contributed by atoms with van der Waals surface area (Å²) >= 11 is 0. The lowest BCUT2D eigenvalue weighted by Crippen LogP contribution is -2.31. The van der Waals surface area contributed by atoms with Gasteiger partial charge in [-0.2, -0.15) is 0 Å². The van der Waals surface area contributed by atoms with Crippen LogP contribution in [0, 0.1) is 0 Å². The van der Waals surface area contributed by atoms with Gasteiger partial charge in [-0.3, -0.25) is 0 Å². The molecule has 6 aromatic rings. The largest absolute Gasteiger partial charge is 0.489 e. The summed E-state index contributed by atoms with van der Waals surface area (Å²) in [5.74, 6) is 1.79. The number of halogens is 1. The fourth-order valence-electron chi connectivity index (χ4n) is 5.67. The third kappa shape index (κ3) is 5.31. The highest BCUT2D eigenvalue weighted by molar-refractivity contribution is 5.87. The molecule has 6 heteroatoms. The minimum absolute atomic E-state index is 0. The first-order chi connectivity index (χ1) is 19.3. The summed E-state index contributed by atoms with van der Waals surface area (Å²) in [7, 11) is 0. The molecule has 0 amide bonds.